The zero-order valence-corrected chi connectivity index (χ0v) is 12.0. The smallest absolute Gasteiger partial charge is 0.326 e. The van der Waals surface area contributed by atoms with Crippen molar-refractivity contribution >= 4 is 17.8 Å². The number of nitrogens with zero attached hydrogens (tertiary/aromatic N) is 2. The molecule has 2 rings (SSSR count). The lowest BCUT2D eigenvalue weighted by molar-refractivity contribution is -0.149. The third-order valence-corrected chi connectivity index (χ3v) is 3.78. The number of carboxylic acid groups (broad SMARTS) is 1. The summed E-state index contributed by atoms with van der Waals surface area (Å²) < 4.78 is 5.19. The number of carboxylic acids is 1. The highest BCUT2D eigenvalue weighted by atomic mass is 16.4. The molecule has 1 N–H and O–H groups in total. The number of furan rings is 1. The van der Waals surface area contributed by atoms with Gasteiger partial charge in [0.05, 0.1) is 18.7 Å². The Morgan fingerprint density at radius 3 is 2.86 bits per heavy atom. The number of likely N-dealkylation sites (N-methyl/N-ethyl adjacent to an activating group) is 1. The van der Waals surface area contributed by atoms with Gasteiger partial charge >= 0.3 is 5.97 Å². The van der Waals surface area contributed by atoms with Gasteiger partial charge in [-0.05, 0) is 19.1 Å². The van der Waals surface area contributed by atoms with Crippen LogP contribution in [0.4, 0.5) is 0 Å². The first-order valence-electron chi connectivity index (χ1n) is 6.69. The lowest BCUT2D eigenvalue weighted by Gasteiger charge is -2.24. The minimum absolute atomic E-state index is 0.107. The summed E-state index contributed by atoms with van der Waals surface area (Å²) in [5.74, 6) is -1.35. The van der Waals surface area contributed by atoms with Crippen molar-refractivity contribution < 1.29 is 23.9 Å². The molecular formula is C14H18N2O5. The van der Waals surface area contributed by atoms with Crippen LogP contribution in [0.5, 0.6) is 0 Å². The lowest BCUT2D eigenvalue weighted by atomic mass is 10.1. The third-order valence-electron chi connectivity index (χ3n) is 3.78. The van der Waals surface area contributed by atoms with Gasteiger partial charge in [-0.2, -0.15) is 0 Å². The number of carbonyl (C=O) groups excluding carboxylic acids is 2. The van der Waals surface area contributed by atoms with E-state index in [0.717, 1.165) is 0 Å². The molecule has 7 nitrogen and oxygen atoms in total. The standard InChI is InChI=1S/C14H18N2O5/c1-9(14(19)20)15(2)13(18)10-6-12(17)16(7-10)8-11-4-3-5-21-11/h3-5,9-10H,6-8H2,1-2H3,(H,19,20). The first-order chi connectivity index (χ1) is 9.90. The first kappa shape index (κ1) is 15.1. The van der Waals surface area contributed by atoms with E-state index in [1.165, 1.54) is 25.1 Å². The van der Waals surface area contributed by atoms with Gasteiger partial charge in [0, 0.05) is 20.0 Å². The molecule has 1 saturated heterocycles. The van der Waals surface area contributed by atoms with E-state index in [1.54, 1.807) is 17.0 Å². The third kappa shape index (κ3) is 3.24. The van der Waals surface area contributed by atoms with E-state index in [4.69, 9.17) is 9.52 Å². The second kappa shape index (κ2) is 5.99. The van der Waals surface area contributed by atoms with Crippen LogP contribution in [-0.4, -0.2) is 52.3 Å². The zero-order valence-electron chi connectivity index (χ0n) is 12.0. The van der Waals surface area contributed by atoms with E-state index in [-0.39, 0.29) is 24.8 Å². The Labute approximate surface area is 122 Å². The topological polar surface area (TPSA) is 91.1 Å². The Morgan fingerprint density at radius 2 is 2.29 bits per heavy atom. The van der Waals surface area contributed by atoms with Gasteiger partial charge in [0.15, 0.2) is 0 Å². The van der Waals surface area contributed by atoms with Gasteiger partial charge in [-0.25, -0.2) is 4.79 Å². The quantitative estimate of drug-likeness (QED) is 0.856. The molecule has 2 unspecified atom stereocenters. The summed E-state index contributed by atoms with van der Waals surface area (Å²) in [6.45, 7) is 2.06. The minimum atomic E-state index is -1.07. The maximum atomic E-state index is 12.2. The van der Waals surface area contributed by atoms with Gasteiger partial charge < -0.3 is 19.3 Å². The van der Waals surface area contributed by atoms with Crippen molar-refractivity contribution in [2.45, 2.75) is 25.9 Å². The molecule has 7 heteroatoms. The van der Waals surface area contributed by atoms with Gasteiger partial charge in [0.2, 0.25) is 11.8 Å². The molecule has 1 aromatic heterocycles. The second-order valence-corrected chi connectivity index (χ2v) is 5.22. The predicted molar refractivity (Wildman–Crippen MR) is 72.1 cm³/mol. The van der Waals surface area contributed by atoms with E-state index in [1.807, 2.05) is 0 Å². The normalized spacial score (nSPS) is 19.6. The van der Waals surface area contributed by atoms with Crippen molar-refractivity contribution in [3.8, 4) is 0 Å². The van der Waals surface area contributed by atoms with E-state index >= 15 is 0 Å². The number of hydrogen-bond donors (Lipinski definition) is 1. The number of hydrogen-bond acceptors (Lipinski definition) is 4. The highest BCUT2D eigenvalue weighted by Crippen LogP contribution is 2.22. The fourth-order valence-electron chi connectivity index (χ4n) is 2.33. The lowest BCUT2D eigenvalue weighted by Crippen LogP contribution is -2.43. The van der Waals surface area contributed by atoms with E-state index in [2.05, 4.69) is 0 Å². The zero-order chi connectivity index (χ0) is 15.6. The summed E-state index contributed by atoms with van der Waals surface area (Å²) in [5, 5.41) is 8.94. The molecule has 1 aromatic rings. The number of likely N-dealkylation sites (tertiary alicyclic amines) is 1. The Kier molecular flexibility index (Phi) is 4.30. The fraction of sp³-hybridized carbons (Fsp3) is 0.500. The molecule has 0 spiro atoms. The van der Waals surface area contributed by atoms with Crippen molar-refractivity contribution in [1.82, 2.24) is 9.80 Å². The van der Waals surface area contributed by atoms with Crippen LogP contribution < -0.4 is 0 Å². The van der Waals surface area contributed by atoms with Crippen LogP contribution in [0.1, 0.15) is 19.1 Å². The van der Waals surface area contributed by atoms with Crippen molar-refractivity contribution in [2.75, 3.05) is 13.6 Å². The van der Waals surface area contributed by atoms with Crippen LogP contribution in [0, 0.1) is 5.92 Å². The molecular weight excluding hydrogens is 276 g/mol. The molecule has 1 aliphatic heterocycles. The highest BCUT2D eigenvalue weighted by Gasteiger charge is 2.37. The Balaban J connectivity index is 1.98. The van der Waals surface area contributed by atoms with Gasteiger partial charge in [-0.1, -0.05) is 0 Å². The molecule has 114 valence electrons. The van der Waals surface area contributed by atoms with Crippen LogP contribution in [0.25, 0.3) is 0 Å². The molecule has 0 bridgehead atoms. The summed E-state index contributed by atoms with van der Waals surface area (Å²) >= 11 is 0. The maximum absolute atomic E-state index is 12.2. The molecule has 21 heavy (non-hydrogen) atoms. The largest absolute Gasteiger partial charge is 0.480 e. The first-order valence-corrected chi connectivity index (χ1v) is 6.69. The summed E-state index contributed by atoms with van der Waals surface area (Å²) in [7, 11) is 1.45. The highest BCUT2D eigenvalue weighted by molar-refractivity contribution is 5.91. The van der Waals surface area contributed by atoms with Gasteiger partial charge in [-0.3, -0.25) is 9.59 Å². The fourth-order valence-corrected chi connectivity index (χ4v) is 2.33. The molecule has 1 aliphatic rings. The average molecular weight is 294 g/mol. The summed E-state index contributed by atoms with van der Waals surface area (Å²) in [5.41, 5.74) is 0. The predicted octanol–water partition coefficient (Wildman–Crippen LogP) is 0.560. The number of aliphatic carboxylic acids is 1. The minimum Gasteiger partial charge on any atom is -0.480 e. The number of amides is 2. The SMILES string of the molecule is CC(C(=O)O)N(C)C(=O)C1CC(=O)N(Cc2ccco2)C1. The Bertz CT molecular complexity index is 540. The van der Waals surface area contributed by atoms with Crippen molar-refractivity contribution in [3.63, 3.8) is 0 Å². The van der Waals surface area contributed by atoms with Crippen LogP contribution in [0.15, 0.2) is 22.8 Å². The molecule has 0 saturated carbocycles. The van der Waals surface area contributed by atoms with Crippen molar-refractivity contribution in [3.05, 3.63) is 24.2 Å². The molecule has 0 radical (unpaired) electrons. The average Bonchev–Trinajstić information content (AvgIpc) is 3.07. The van der Waals surface area contributed by atoms with Crippen molar-refractivity contribution in [2.24, 2.45) is 5.92 Å². The van der Waals surface area contributed by atoms with Crippen LogP contribution in [0.3, 0.4) is 0 Å². The van der Waals surface area contributed by atoms with Gasteiger partial charge in [0.25, 0.3) is 0 Å². The van der Waals surface area contributed by atoms with Crippen LogP contribution in [0.2, 0.25) is 0 Å². The Morgan fingerprint density at radius 1 is 1.57 bits per heavy atom. The maximum Gasteiger partial charge on any atom is 0.326 e. The molecule has 0 aliphatic carbocycles. The van der Waals surface area contributed by atoms with Crippen molar-refractivity contribution in [1.29, 1.82) is 0 Å². The van der Waals surface area contributed by atoms with Crippen LogP contribution in [-0.2, 0) is 20.9 Å². The molecule has 2 heterocycles. The summed E-state index contributed by atoms with van der Waals surface area (Å²) in [4.78, 5) is 37.8. The van der Waals surface area contributed by atoms with E-state index in [9.17, 15) is 14.4 Å². The van der Waals surface area contributed by atoms with E-state index < -0.39 is 17.9 Å². The van der Waals surface area contributed by atoms with Gasteiger partial charge in [-0.15, -0.1) is 0 Å². The number of rotatable bonds is 5. The van der Waals surface area contributed by atoms with Crippen LogP contribution >= 0.6 is 0 Å². The molecule has 2 atom stereocenters. The Hall–Kier alpha value is -2.31. The number of carbonyl (C=O) groups is 3. The second-order valence-electron chi connectivity index (χ2n) is 5.22. The van der Waals surface area contributed by atoms with Gasteiger partial charge in [0.1, 0.15) is 11.8 Å². The summed E-state index contributed by atoms with van der Waals surface area (Å²) in [6.07, 6.45) is 1.64. The summed E-state index contributed by atoms with van der Waals surface area (Å²) in [6, 6.07) is 2.59. The van der Waals surface area contributed by atoms with E-state index in [0.29, 0.717) is 12.3 Å². The molecule has 1 fully saturated rings. The molecule has 2 amide bonds. The monoisotopic (exact) mass is 294 g/mol. The molecule has 0 aromatic carbocycles.